The number of anilines is 2. The van der Waals surface area contributed by atoms with Gasteiger partial charge in [-0.25, -0.2) is 0 Å². The molecule has 116 valence electrons. The summed E-state index contributed by atoms with van der Waals surface area (Å²) < 4.78 is 10.3. The Morgan fingerprint density at radius 2 is 2.10 bits per heavy atom. The van der Waals surface area contributed by atoms with Gasteiger partial charge in [-0.3, -0.25) is 4.79 Å². The van der Waals surface area contributed by atoms with Gasteiger partial charge in [0.05, 0.1) is 6.10 Å². The normalized spacial score (nSPS) is 21.8. The molecule has 2 atom stereocenters. The minimum Gasteiger partial charge on any atom is -0.382 e. The number of rotatable bonds is 6. The third-order valence-corrected chi connectivity index (χ3v) is 3.75. The van der Waals surface area contributed by atoms with E-state index in [4.69, 9.17) is 9.47 Å². The highest BCUT2D eigenvalue weighted by Crippen LogP contribution is 2.25. The second kappa shape index (κ2) is 8.00. The number of hydrogen-bond acceptors (Lipinski definition) is 4. The van der Waals surface area contributed by atoms with Crippen molar-refractivity contribution < 1.29 is 14.3 Å². The fourth-order valence-electron chi connectivity index (χ4n) is 2.74. The van der Waals surface area contributed by atoms with Crippen LogP contribution in [0.15, 0.2) is 24.3 Å². The molecule has 0 bridgehead atoms. The molecule has 0 saturated heterocycles. The van der Waals surface area contributed by atoms with E-state index in [1.165, 1.54) is 13.5 Å². The molecule has 0 aromatic heterocycles. The van der Waals surface area contributed by atoms with Gasteiger partial charge < -0.3 is 20.1 Å². The summed E-state index contributed by atoms with van der Waals surface area (Å²) in [5.41, 5.74) is 1.80. The molecule has 1 aromatic carbocycles. The van der Waals surface area contributed by atoms with Crippen molar-refractivity contribution in [2.75, 3.05) is 31.5 Å². The molecule has 0 radical (unpaired) electrons. The Kier molecular flexibility index (Phi) is 6.02. The summed E-state index contributed by atoms with van der Waals surface area (Å²) in [5.74, 6) is -0.147. The van der Waals surface area contributed by atoms with E-state index in [1.807, 2.05) is 24.3 Å². The predicted molar refractivity (Wildman–Crippen MR) is 83.6 cm³/mol. The minimum atomic E-state index is -0.147. The highest BCUT2D eigenvalue weighted by atomic mass is 16.5. The lowest BCUT2D eigenvalue weighted by Gasteiger charge is -2.29. The Balaban J connectivity index is 1.92. The summed E-state index contributed by atoms with van der Waals surface area (Å²) in [4.78, 5) is 11.5. The predicted octanol–water partition coefficient (Wildman–Crippen LogP) is 2.64. The third-order valence-electron chi connectivity index (χ3n) is 3.75. The van der Waals surface area contributed by atoms with Crippen molar-refractivity contribution >= 4 is 17.3 Å². The average molecular weight is 292 g/mol. The summed E-state index contributed by atoms with van der Waals surface area (Å²) in [5, 5.41) is 6.34. The fraction of sp³-hybridized carbons (Fsp3) is 0.562. The van der Waals surface area contributed by atoms with Crippen LogP contribution in [0.2, 0.25) is 0 Å². The third kappa shape index (κ3) is 5.02. The number of nitrogens with one attached hydrogen (secondary N) is 2. The largest absolute Gasteiger partial charge is 0.382 e. The molecule has 2 N–H and O–H groups in total. The molecule has 1 amide bonds. The van der Waals surface area contributed by atoms with Crippen molar-refractivity contribution in [3.8, 4) is 0 Å². The number of carbonyl (C=O) groups excluding carboxylic acids is 1. The second-order valence-corrected chi connectivity index (χ2v) is 5.43. The summed E-state index contributed by atoms with van der Waals surface area (Å²) in [7, 11) is 3.28. The molecule has 1 aliphatic carbocycles. The molecule has 5 heteroatoms. The van der Waals surface area contributed by atoms with E-state index in [9.17, 15) is 4.79 Å². The van der Waals surface area contributed by atoms with Crippen molar-refractivity contribution in [2.24, 2.45) is 0 Å². The molecule has 2 rings (SSSR count). The van der Waals surface area contributed by atoms with Gasteiger partial charge in [0.25, 0.3) is 0 Å². The standard InChI is InChI=1S/C16H24N2O3/c1-20-11-16(19)18-13-6-3-5-12(9-13)17-14-7-4-8-15(10-14)21-2/h3,5-6,9,14-15,17H,4,7-8,10-11H2,1-2H3,(H,18,19). The number of methoxy groups -OCH3 is 2. The first-order valence-electron chi connectivity index (χ1n) is 7.39. The van der Waals surface area contributed by atoms with Crippen LogP contribution in [0.5, 0.6) is 0 Å². The van der Waals surface area contributed by atoms with Gasteiger partial charge in [-0.2, -0.15) is 0 Å². The van der Waals surface area contributed by atoms with Gasteiger partial charge in [0, 0.05) is 31.6 Å². The molecule has 5 nitrogen and oxygen atoms in total. The average Bonchev–Trinajstić information content (AvgIpc) is 2.48. The van der Waals surface area contributed by atoms with Crippen molar-refractivity contribution in [3.05, 3.63) is 24.3 Å². The van der Waals surface area contributed by atoms with Crippen molar-refractivity contribution in [1.82, 2.24) is 0 Å². The first kappa shape index (κ1) is 15.8. The lowest BCUT2D eigenvalue weighted by Crippen LogP contribution is -2.31. The monoisotopic (exact) mass is 292 g/mol. The Bertz CT molecular complexity index is 465. The van der Waals surface area contributed by atoms with E-state index < -0.39 is 0 Å². The maximum atomic E-state index is 11.5. The second-order valence-electron chi connectivity index (χ2n) is 5.43. The van der Waals surface area contributed by atoms with E-state index in [0.717, 1.165) is 30.6 Å². The lowest BCUT2D eigenvalue weighted by atomic mass is 9.92. The van der Waals surface area contributed by atoms with Crippen LogP contribution >= 0.6 is 0 Å². The van der Waals surface area contributed by atoms with Crippen LogP contribution in [-0.4, -0.2) is 38.9 Å². The number of ether oxygens (including phenoxy) is 2. The van der Waals surface area contributed by atoms with Crippen LogP contribution in [0, 0.1) is 0 Å². The molecule has 1 fully saturated rings. The van der Waals surface area contributed by atoms with Crippen molar-refractivity contribution in [1.29, 1.82) is 0 Å². The first-order chi connectivity index (χ1) is 10.2. The van der Waals surface area contributed by atoms with E-state index in [1.54, 1.807) is 7.11 Å². The topological polar surface area (TPSA) is 59.6 Å². The molecular weight excluding hydrogens is 268 g/mol. The molecular formula is C16H24N2O3. The molecule has 0 spiro atoms. The van der Waals surface area contributed by atoms with Gasteiger partial charge in [-0.15, -0.1) is 0 Å². The summed E-state index contributed by atoms with van der Waals surface area (Å²) in [6, 6.07) is 8.19. The summed E-state index contributed by atoms with van der Waals surface area (Å²) >= 11 is 0. The number of amides is 1. The fourth-order valence-corrected chi connectivity index (χ4v) is 2.74. The summed E-state index contributed by atoms with van der Waals surface area (Å²) in [6.07, 6.45) is 4.85. The Morgan fingerprint density at radius 1 is 1.29 bits per heavy atom. The molecule has 1 aromatic rings. The van der Waals surface area contributed by atoms with Crippen LogP contribution in [0.25, 0.3) is 0 Å². The van der Waals surface area contributed by atoms with Crippen LogP contribution < -0.4 is 10.6 Å². The van der Waals surface area contributed by atoms with Crippen molar-refractivity contribution in [2.45, 2.75) is 37.8 Å². The van der Waals surface area contributed by atoms with Gasteiger partial charge in [0.15, 0.2) is 0 Å². The molecule has 0 aliphatic heterocycles. The maximum absolute atomic E-state index is 11.5. The van der Waals surface area contributed by atoms with Crippen molar-refractivity contribution in [3.63, 3.8) is 0 Å². The Hall–Kier alpha value is -1.59. The number of carbonyl (C=O) groups is 1. The lowest BCUT2D eigenvalue weighted by molar-refractivity contribution is -0.119. The quantitative estimate of drug-likeness (QED) is 0.846. The zero-order valence-corrected chi connectivity index (χ0v) is 12.7. The molecule has 0 heterocycles. The summed E-state index contributed by atoms with van der Waals surface area (Å²) in [6.45, 7) is 0.0653. The van der Waals surface area contributed by atoms with E-state index >= 15 is 0 Å². The van der Waals surface area contributed by atoms with Crippen LogP contribution in [0.4, 0.5) is 11.4 Å². The van der Waals surface area contributed by atoms with Crippen LogP contribution in [-0.2, 0) is 14.3 Å². The van der Waals surface area contributed by atoms with Gasteiger partial charge in [-0.05, 0) is 43.9 Å². The number of benzene rings is 1. The molecule has 2 unspecified atom stereocenters. The van der Waals surface area contributed by atoms with Crippen LogP contribution in [0.1, 0.15) is 25.7 Å². The molecule has 1 saturated carbocycles. The van der Waals surface area contributed by atoms with Gasteiger partial charge >= 0.3 is 0 Å². The van der Waals surface area contributed by atoms with E-state index in [0.29, 0.717) is 12.1 Å². The maximum Gasteiger partial charge on any atom is 0.250 e. The Morgan fingerprint density at radius 3 is 2.86 bits per heavy atom. The zero-order chi connectivity index (χ0) is 15.1. The van der Waals surface area contributed by atoms with Crippen LogP contribution in [0.3, 0.4) is 0 Å². The zero-order valence-electron chi connectivity index (χ0n) is 12.7. The highest BCUT2D eigenvalue weighted by Gasteiger charge is 2.21. The SMILES string of the molecule is COCC(=O)Nc1cccc(NC2CCCC(OC)C2)c1. The molecule has 1 aliphatic rings. The van der Waals surface area contributed by atoms with E-state index in [2.05, 4.69) is 10.6 Å². The Labute approximate surface area is 126 Å². The van der Waals surface area contributed by atoms with Gasteiger partial charge in [0.2, 0.25) is 5.91 Å². The smallest absolute Gasteiger partial charge is 0.250 e. The first-order valence-corrected chi connectivity index (χ1v) is 7.39. The highest BCUT2D eigenvalue weighted by molar-refractivity contribution is 5.92. The molecule has 21 heavy (non-hydrogen) atoms. The van der Waals surface area contributed by atoms with E-state index in [-0.39, 0.29) is 12.5 Å². The van der Waals surface area contributed by atoms with Gasteiger partial charge in [0.1, 0.15) is 6.61 Å². The van der Waals surface area contributed by atoms with Gasteiger partial charge in [-0.1, -0.05) is 6.07 Å². The minimum absolute atomic E-state index is 0.0653. The number of hydrogen-bond donors (Lipinski definition) is 2.